The summed E-state index contributed by atoms with van der Waals surface area (Å²) in [7, 11) is 3.18. The van der Waals surface area contributed by atoms with Gasteiger partial charge in [0.1, 0.15) is 11.2 Å². The van der Waals surface area contributed by atoms with Crippen molar-refractivity contribution >= 4 is 23.4 Å². The minimum atomic E-state index is -0.787. The summed E-state index contributed by atoms with van der Waals surface area (Å²) >= 11 is 0. The number of likely N-dealkylation sites (N-methyl/N-ethyl adjacent to an activating group) is 1. The zero-order chi connectivity index (χ0) is 23.8. The summed E-state index contributed by atoms with van der Waals surface area (Å²) in [4.78, 5) is 43.4. The van der Waals surface area contributed by atoms with E-state index in [2.05, 4.69) is 20.9 Å². The van der Waals surface area contributed by atoms with Gasteiger partial charge in [-0.15, -0.1) is 0 Å². The largest absolute Gasteiger partial charge is 0.496 e. The maximum Gasteiger partial charge on any atom is 0.234 e. The van der Waals surface area contributed by atoms with Crippen LogP contribution in [0.5, 0.6) is 5.75 Å². The quantitative estimate of drug-likeness (QED) is 0.558. The Kier molecular flexibility index (Phi) is 8.00. The number of nitrogens with one attached hydrogen (secondary N) is 3. The molecule has 33 heavy (non-hydrogen) atoms. The highest BCUT2D eigenvalue weighted by Crippen LogP contribution is 2.33. The molecule has 1 aromatic heterocycles. The third-order valence-electron chi connectivity index (χ3n) is 5.83. The highest BCUT2D eigenvalue weighted by Gasteiger charge is 2.44. The summed E-state index contributed by atoms with van der Waals surface area (Å²) < 4.78 is 5.38. The maximum absolute atomic E-state index is 12.9. The normalized spacial score (nSPS) is 18.3. The maximum atomic E-state index is 12.9. The van der Waals surface area contributed by atoms with Crippen LogP contribution in [0.15, 0.2) is 42.6 Å². The molecule has 9 nitrogen and oxygen atoms in total. The van der Waals surface area contributed by atoms with E-state index in [0.717, 1.165) is 18.5 Å². The number of pyridine rings is 1. The third kappa shape index (κ3) is 5.87. The Balaban J connectivity index is 1.67. The van der Waals surface area contributed by atoms with E-state index in [9.17, 15) is 14.4 Å². The van der Waals surface area contributed by atoms with Crippen molar-refractivity contribution in [3.05, 3.63) is 53.9 Å². The molecule has 0 saturated carbocycles. The standard InChI is InChI=1S/C24H31N5O4/c1-17(30)28-19-8-9-20(33-3)18(13-19)14-27-22(31)15-29-12-6-10-24(16-29,23(32)25-2)21-7-4-5-11-26-21/h4-5,7-9,11,13H,6,10,12,14-16H2,1-3H3,(H,25,32)(H,27,31)(H,28,30). The fourth-order valence-corrected chi connectivity index (χ4v) is 4.33. The first-order valence-corrected chi connectivity index (χ1v) is 10.9. The Labute approximate surface area is 193 Å². The lowest BCUT2D eigenvalue weighted by atomic mass is 9.75. The molecule has 3 rings (SSSR count). The molecule has 0 radical (unpaired) electrons. The second-order valence-corrected chi connectivity index (χ2v) is 8.17. The van der Waals surface area contributed by atoms with Crippen molar-refractivity contribution in [1.29, 1.82) is 0 Å². The predicted octanol–water partition coefficient (Wildman–Crippen LogP) is 1.44. The summed E-state index contributed by atoms with van der Waals surface area (Å²) in [5.74, 6) is 0.199. The Morgan fingerprint density at radius 3 is 2.70 bits per heavy atom. The number of hydrogen-bond donors (Lipinski definition) is 3. The van der Waals surface area contributed by atoms with Crippen molar-refractivity contribution in [2.75, 3.05) is 39.1 Å². The van der Waals surface area contributed by atoms with Gasteiger partial charge < -0.3 is 20.7 Å². The van der Waals surface area contributed by atoms with Crippen LogP contribution in [-0.4, -0.2) is 61.4 Å². The average Bonchev–Trinajstić information content (AvgIpc) is 2.82. The molecule has 0 bridgehead atoms. The SMILES string of the molecule is CNC(=O)C1(c2ccccn2)CCCN(CC(=O)NCc2cc(NC(C)=O)ccc2OC)C1. The number of hydrogen-bond acceptors (Lipinski definition) is 6. The Morgan fingerprint density at radius 2 is 2.03 bits per heavy atom. The molecule has 1 unspecified atom stereocenters. The number of piperidine rings is 1. The van der Waals surface area contributed by atoms with Gasteiger partial charge in [0, 0.05) is 44.5 Å². The van der Waals surface area contributed by atoms with Crippen LogP contribution in [0.3, 0.4) is 0 Å². The van der Waals surface area contributed by atoms with E-state index in [-0.39, 0.29) is 30.8 Å². The van der Waals surface area contributed by atoms with Gasteiger partial charge in [-0.25, -0.2) is 0 Å². The Morgan fingerprint density at radius 1 is 1.21 bits per heavy atom. The summed E-state index contributed by atoms with van der Waals surface area (Å²) in [5, 5.41) is 8.43. The number of ether oxygens (including phenoxy) is 1. The first kappa shape index (κ1) is 24.2. The van der Waals surface area contributed by atoms with Crippen molar-refractivity contribution in [3.63, 3.8) is 0 Å². The van der Waals surface area contributed by atoms with E-state index in [4.69, 9.17) is 4.74 Å². The molecule has 1 saturated heterocycles. The van der Waals surface area contributed by atoms with Crippen molar-refractivity contribution in [2.24, 2.45) is 0 Å². The molecule has 1 aliphatic rings. The molecule has 2 aromatic rings. The van der Waals surface area contributed by atoms with Gasteiger partial charge in [0.05, 0.1) is 19.3 Å². The minimum Gasteiger partial charge on any atom is -0.496 e. The molecule has 1 atom stereocenters. The van der Waals surface area contributed by atoms with Crippen LogP contribution in [0.4, 0.5) is 5.69 Å². The Bertz CT molecular complexity index is 998. The van der Waals surface area contributed by atoms with Crippen molar-refractivity contribution < 1.29 is 19.1 Å². The molecular formula is C24H31N5O4. The number of benzene rings is 1. The summed E-state index contributed by atoms with van der Waals surface area (Å²) in [5.41, 5.74) is 1.32. The summed E-state index contributed by atoms with van der Waals surface area (Å²) in [6.07, 6.45) is 3.15. The lowest BCUT2D eigenvalue weighted by Crippen LogP contribution is -2.56. The minimum absolute atomic E-state index is 0.0918. The van der Waals surface area contributed by atoms with Gasteiger partial charge in [-0.05, 0) is 49.7 Å². The fourth-order valence-electron chi connectivity index (χ4n) is 4.33. The number of anilines is 1. The molecule has 176 valence electrons. The van der Waals surface area contributed by atoms with E-state index in [1.54, 1.807) is 38.6 Å². The van der Waals surface area contributed by atoms with Gasteiger partial charge in [-0.2, -0.15) is 0 Å². The molecule has 0 spiro atoms. The van der Waals surface area contributed by atoms with Crippen molar-refractivity contribution in [2.45, 2.75) is 31.7 Å². The van der Waals surface area contributed by atoms with E-state index >= 15 is 0 Å². The van der Waals surface area contributed by atoms with Crippen LogP contribution in [0.1, 0.15) is 31.0 Å². The lowest BCUT2D eigenvalue weighted by Gasteiger charge is -2.40. The van der Waals surface area contributed by atoms with Crippen LogP contribution in [0.2, 0.25) is 0 Å². The fraction of sp³-hybridized carbons (Fsp3) is 0.417. The van der Waals surface area contributed by atoms with Gasteiger partial charge in [0.15, 0.2) is 0 Å². The number of amides is 3. The average molecular weight is 454 g/mol. The molecule has 2 heterocycles. The number of methoxy groups -OCH3 is 1. The second-order valence-electron chi connectivity index (χ2n) is 8.17. The molecule has 9 heteroatoms. The van der Waals surface area contributed by atoms with E-state index in [0.29, 0.717) is 30.1 Å². The number of carbonyl (C=O) groups is 3. The number of rotatable bonds is 8. The monoisotopic (exact) mass is 453 g/mol. The Hall–Kier alpha value is -3.46. The molecule has 1 aliphatic heterocycles. The van der Waals surface area contributed by atoms with Crippen LogP contribution in [-0.2, 0) is 26.3 Å². The zero-order valence-electron chi connectivity index (χ0n) is 19.3. The van der Waals surface area contributed by atoms with E-state index < -0.39 is 5.41 Å². The van der Waals surface area contributed by atoms with Crippen LogP contribution >= 0.6 is 0 Å². The number of aromatic nitrogens is 1. The van der Waals surface area contributed by atoms with Crippen LogP contribution in [0.25, 0.3) is 0 Å². The molecule has 0 aliphatic carbocycles. The highest BCUT2D eigenvalue weighted by atomic mass is 16.5. The number of nitrogens with zero attached hydrogens (tertiary/aromatic N) is 2. The first-order chi connectivity index (χ1) is 15.9. The van der Waals surface area contributed by atoms with Gasteiger partial charge >= 0.3 is 0 Å². The van der Waals surface area contributed by atoms with Crippen LogP contribution < -0.4 is 20.7 Å². The van der Waals surface area contributed by atoms with E-state index in [1.807, 2.05) is 23.1 Å². The van der Waals surface area contributed by atoms with Crippen molar-refractivity contribution in [3.8, 4) is 5.75 Å². The number of likely N-dealkylation sites (tertiary alicyclic amines) is 1. The topological polar surface area (TPSA) is 113 Å². The predicted molar refractivity (Wildman–Crippen MR) is 125 cm³/mol. The van der Waals surface area contributed by atoms with Gasteiger partial charge in [-0.1, -0.05) is 6.07 Å². The van der Waals surface area contributed by atoms with Gasteiger partial charge in [-0.3, -0.25) is 24.3 Å². The molecule has 3 N–H and O–H groups in total. The van der Waals surface area contributed by atoms with Gasteiger partial charge in [0.25, 0.3) is 0 Å². The highest BCUT2D eigenvalue weighted by molar-refractivity contribution is 5.89. The summed E-state index contributed by atoms with van der Waals surface area (Å²) in [6.45, 7) is 3.00. The van der Waals surface area contributed by atoms with Crippen LogP contribution in [0, 0.1) is 0 Å². The first-order valence-electron chi connectivity index (χ1n) is 10.9. The molecule has 3 amide bonds. The summed E-state index contributed by atoms with van der Waals surface area (Å²) in [6, 6.07) is 10.8. The molecule has 1 fully saturated rings. The number of carbonyl (C=O) groups excluding carboxylic acids is 3. The molecular weight excluding hydrogens is 422 g/mol. The lowest BCUT2D eigenvalue weighted by molar-refractivity contribution is -0.130. The van der Waals surface area contributed by atoms with Crippen molar-refractivity contribution in [1.82, 2.24) is 20.5 Å². The van der Waals surface area contributed by atoms with E-state index in [1.165, 1.54) is 6.92 Å². The van der Waals surface area contributed by atoms with Gasteiger partial charge in [0.2, 0.25) is 17.7 Å². The second kappa shape index (κ2) is 10.9. The zero-order valence-corrected chi connectivity index (χ0v) is 19.3. The third-order valence-corrected chi connectivity index (χ3v) is 5.83. The molecule has 1 aromatic carbocycles. The smallest absolute Gasteiger partial charge is 0.234 e.